The van der Waals surface area contributed by atoms with Gasteiger partial charge in [-0.3, -0.25) is 4.68 Å². The maximum atomic E-state index is 13.1. The number of aromatic nitrogens is 5. The third-order valence-electron chi connectivity index (χ3n) is 4.22. The van der Waals surface area contributed by atoms with E-state index in [4.69, 9.17) is 0 Å². The fraction of sp³-hybridized carbons (Fsp3) is 0.333. The Morgan fingerprint density at radius 3 is 2.66 bits per heavy atom. The van der Waals surface area contributed by atoms with E-state index in [0.717, 1.165) is 11.9 Å². The lowest BCUT2D eigenvalue weighted by molar-refractivity contribution is -0.137. The van der Waals surface area contributed by atoms with Crippen LogP contribution in [0.4, 0.5) is 30.6 Å². The van der Waals surface area contributed by atoms with E-state index >= 15 is 0 Å². The first kappa shape index (κ1) is 20.2. The number of nitrogens with one attached hydrogen (secondary N) is 2. The maximum absolute atomic E-state index is 13.1. The molecule has 0 aliphatic carbocycles. The molecule has 3 aromatic heterocycles. The Balaban J connectivity index is 1.92. The number of aryl methyl sites for hydroxylation is 1. The highest BCUT2D eigenvalue weighted by Crippen LogP contribution is 2.34. The van der Waals surface area contributed by atoms with E-state index in [1.54, 1.807) is 42.5 Å². The van der Waals surface area contributed by atoms with Crippen LogP contribution in [-0.4, -0.2) is 30.9 Å². The molecule has 152 valence electrons. The summed E-state index contributed by atoms with van der Waals surface area (Å²) in [4.78, 5) is 7.74. The topological polar surface area (TPSA) is 96.4 Å². The van der Waals surface area contributed by atoms with E-state index in [2.05, 4.69) is 31.8 Å². The quantitative estimate of drug-likeness (QED) is 0.653. The van der Waals surface area contributed by atoms with Crippen molar-refractivity contribution in [2.75, 3.05) is 17.2 Å². The van der Waals surface area contributed by atoms with Gasteiger partial charge in [-0.1, -0.05) is 0 Å². The van der Waals surface area contributed by atoms with Gasteiger partial charge in [-0.15, -0.1) is 0 Å². The molecule has 0 amide bonds. The van der Waals surface area contributed by atoms with Crippen molar-refractivity contribution in [2.24, 2.45) is 7.05 Å². The first-order chi connectivity index (χ1) is 13.7. The van der Waals surface area contributed by atoms with Crippen LogP contribution in [0.1, 0.15) is 29.4 Å². The van der Waals surface area contributed by atoms with Crippen molar-refractivity contribution in [3.05, 3.63) is 47.2 Å². The smallest absolute Gasteiger partial charge is 0.370 e. The lowest BCUT2D eigenvalue weighted by atomic mass is 10.2. The molecule has 0 saturated carbocycles. The molecule has 2 N–H and O–H groups in total. The van der Waals surface area contributed by atoms with Crippen LogP contribution in [0.15, 0.2) is 24.7 Å². The van der Waals surface area contributed by atoms with Gasteiger partial charge in [0, 0.05) is 37.7 Å². The van der Waals surface area contributed by atoms with Gasteiger partial charge in [-0.05, 0) is 19.9 Å². The van der Waals surface area contributed by atoms with Crippen LogP contribution >= 0.6 is 0 Å². The number of nitrogens with zero attached hydrogens (tertiary/aromatic N) is 6. The summed E-state index contributed by atoms with van der Waals surface area (Å²) in [7, 11) is 1.80. The minimum Gasteiger partial charge on any atom is -0.370 e. The molecule has 11 heteroatoms. The van der Waals surface area contributed by atoms with Crippen LogP contribution in [0.25, 0.3) is 0 Å². The van der Waals surface area contributed by atoms with Crippen molar-refractivity contribution in [3.63, 3.8) is 0 Å². The van der Waals surface area contributed by atoms with Crippen molar-refractivity contribution in [3.8, 4) is 6.07 Å². The number of hydrogen-bond acceptors (Lipinski definition) is 6. The van der Waals surface area contributed by atoms with Gasteiger partial charge in [0.05, 0.1) is 17.9 Å². The lowest BCUT2D eigenvalue weighted by Crippen LogP contribution is -2.14. The van der Waals surface area contributed by atoms with Gasteiger partial charge < -0.3 is 15.2 Å². The zero-order valence-corrected chi connectivity index (χ0v) is 16.0. The number of nitriles is 1. The molecule has 0 atom stereocenters. The summed E-state index contributed by atoms with van der Waals surface area (Å²) >= 11 is 0. The predicted octanol–water partition coefficient (Wildman–Crippen LogP) is 3.43. The second kappa shape index (κ2) is 7.83. The minimum absolute atomic E-state index is 0.00322. The molecule has 0 radical (unpaired) electrons. The highest BCUT2D eigenvalue weighted by Gasteiger charge is 2.35. The van der Waals surface area contributed by atoms with Crippen molar-refractivity contribution < 1.29 is 13.2 Å². The molecule has 3 rings (SSSR count). The van der Waals surface area contributed by atoms with Crippen molar-refractivity contribution in [1.29, 1.82) is 5.26 Å². The van der Waals surface area contributed by atoms with Crippen LogP contribution < -0.4 is 10.6 Å². The first-order valence-corrected chi connectivity index (χ1v) is 8.76. The Morgan fingerprint density at radius 1 is 1.31 bits per heavy atom. The van der Waals surface area contributed by atoms with E-state index in [9.17, 15) is 18.4 Å². The van der Waals surface area contributed by atoms with Crippen LogP contribution in [0.2, 0.25) is 0 Å². The SMILES string of the molecule is CCNc1nc(Nc2cn(Cc3ccn(C)n3)c(C#N)c2C)ncc1C(F)(F)F. The third-order valence-corrected chi connectivity index (χ3v) is 4.22. The van der Waals surface area contributed by atoms with Gasteiger partial charge in [-0.2, -0.15) is 28.5 Å². The van der Waals surface area contributed by atoms with Crippen molar-refractivity contribution in [2.45, 2.75) is 26.6 Å². The molecule has 8 nitrogen and oxygen atoms in total. The Labute approximate surface area is 165 Å². The second-order valence-electron chi connectivity index (χ2n) is 6.35. The van der Waals surface area contributed by atoms with Gasteiger partial charge in [-0.25, -0.2) is 4.98 Å². The Hall–Kier alpha value is -3.55. The normalized spacial score (nSPS) is 11.3. The number of halogens is 3. The molecule has 29 heavy (non-hydrogen) atoms. The Morgan fingerprint density at radius 2 is 2.07 bits per heavy atom. The average molecular weight is 404 g/mol. The van der Waals surface area contributed by atoms with Gasteiger partial charge in [0.1, 0.15) is 23.1 Å². The van der Waals surface area contributed by atoms with Crippen LogP contribution in [-0.2, 0) is 19.8 Å². The van der Waals surface area contributed by atoms with E-state index in [1.807, 2.05) is 6.07 Å². The fourth-order valence-electron chi connectivity index (χ4n) is 2.85. The number of alkyl halides is 3. The van der Waals surface area contributed by atoms with E-state index in [-0.39, 0.29) is 18.3 Å². The van der Waals surface area contributed by atoms with Gasteiger partial charge in [0.2, 0.25) is 5.95 Å². The second-order valence-corrected chi connectivity index (χ2v) is 6.35. The molecule has 3 heterocycles. The van der Waals surface area contributed by atoms with Crippen LogP contribution in [0.3, 0.4) is 0 Å². The Kier molecular flexibility index (Phi) is 5.45. The zero-order chi connectivity index (χ0) is 21.2. The van der Waals surface area contributed by atoms with Crippen LogP contribution in [0, 0.1) is 18.3 Å². The molecule has 3 aromatic rings. The minimum atomic E-state index is -4.56. The molecular weight excluding hydrogens is 385 g/mol. The first-order valence-electron chi connectivity index (χ1n) is 8.76. The van der Waals surface area contributed by atoms with Crippen molar-refractivity contribution in [1.82, 2.24) is 24.3 Å². The summed E-state index contributed by atoms with van der Waals surface area (Å²) in [5.74, 6) is -0.305. The molecule has 0 saturated heterocycles. The Bertz CT molecular complexity index is 1060. The molecule has 0 fully saturated rings. The maximum Gasteiger partial charge on any atom is 0.421 e. The number of anilines is 3. The van der Waals surface area contributed by atoms with Gasteiger partial charge >= 0.3 is 6.18 Å². The molecule has 0 bridgehead atoms. The number of rotatable bonds is 6. The molecule has 0 unspecified atom stereocenters. The van der Waals surface area contributed by atoms with Crippen molar-refractivity contribution >= 4 is 17.5 Å². The van der Waals surface area contributed by atoms with Gasteiger partial charge in [0.25, 0.3) is 0 Å². The summed E-state index contributed by atoms with van der Waals surface area (Å²) in [6.07, 6.45) is -0.337. The highest BCUT2D eigenvalue weighted by atomic mass is 19.4. The van der Waals surface area contributed by atoms with E-state index < -0.39 is 11.7 Å². The molecule has 0 aliphatic heterocycles. The molecular formula is C18H19F3N8. The summed E-state index contributed by atoms with van der Waals surface area (Å²) in [6, 6.07) is 3.98. The third kappa shape index (κ3) is 4.31. The summed E-state index contributed by atoms with van der Waals surface area (Å²) in [5, 5.41) is 19.3. The van der Waals surface area contributed by atoms with Gasteiger partial charge in [0.15, 0.2) is 0 Å². The fourth-order valence-corrected chi connectivity index (χ4v) is 2.85. The zero-order valence-electron chi connectivity index (χ0n) is 16.0. The largest absolute Gasteiger partial charge is 0.421 e. The highest BCUT2D eigenvalue weighted by molar-refractivity contribution is 5.63. The van der Waals surface area contributed by atoms with E-state index in [0.29, 0.717) is 23.5 Å². The monoisotopic (exact) mass is 404 g/mol. The number of hydrogen-bond donors (Lipinski definition) is 2. The predicted molar refractivity (Wildman–Crippen MR) is 101 cm³/mol. The summed E-state index contributed by atoms with van der Waals surface area (Å²) in [6.45, 7) is 4.07. The molecule has 0 spiro atoms. The van der Waals surface area contributed by atoms with Crippen LogP contribution in [0.5, 0.6) is 0 Å². The molecule has 0 aliphatic rings. The van der Waals surface area contributed by atoms with E-state index in [1.165, 1.54) is 0 Å². The lowest BCUT2D eigenvalue weighted by Gasteiger charge is -2.13. The standard InChI is InChI=1S/C18H19F3N8/c1-4-23-16-13(18(19,20)21)8-24-17(26-16)25-14-10-29(15(7-22)11(14)2)9-12-5-6-28(3)27-12/h5-6,8,10H,4,9H2,1-3H3,(H2,23,24,25,26). The molecule has 0 aromatic carbocycles. The summed E-state index contributed by atoms with van der Waals surface area (Å²) < 4.78 is 42.7. The summed E-state index contributed by atoms with van der Waals surface area (Å²) in [5.41, 5.74) is 1.41. The average Bonchev–Trinajstić information content (AvgIpc) is 3.18.